The van der Waals surface area contributed by atoms with Crippen molar-refractivity contribution in [3.63, 3.8) is 0 Å². The topological polar surface area (TPSA) is 58.6 Å². The van der Waals surface area contributed by atoms with Gasteiger partial charge in [0.25, 0.3) is 5.91 Å². The summed E-state index contributed by atoms with van der Waals surface area (Å²) in [6.45, 7) is 7.97. The molecular weight excluding hydrogens is 352 g/mol. The normalized spacial score (nSPS) is 12.7. The van der Waals surface area contributed by atoms with Gasteiger partial charge in [0.05, 0.1) is 0 Å². The number of hydrogen-bond acceptors (Lipinski definition) is 3. The lowest BCUT2D eigenvalue weighted by Gasteiger charge is -2.29. The first-order valence-corrected chi connectivity index (χ1v) is 9.74. The molecule has 2 aromatic carbocycles. The van der Waals surface area contributed by atoms with Crippen molar-refractivity contribution in [1.29, 1.82) is 0 Å². The molecule has 2 aromatic rings. The van der Waals surface area contributed by atoms with Gasteiger partial charge in [0.15, 0.2) is 6.61 Å². The second kappa shape index (κ2) is 10.5. The highest BCUT2D eigenvalue weighted by Crippen LogP contribution is 2.13. The Hall–Kier alpha value is -2.82. The fourth-order valence-electron chi connectivity index (χ4n) is 2.80. The molecule has 0 aliphatic heterocycles. The molecule has 0 saturated heterocycles. The average Bonchev–Trinajstić information content (AvgIpc) is 2.70. The number of aryl methyl sites for hydroxylation is 1. The largest absolute Gasteiger partial charge is 0.484 e. The van der Waals surface area contributed by atoms with E-state index in [-0.39, 0.29) is 24.5 Å². The van der Waals surface area contributed by atoms with E-state index in [0.717, 1.165) is 17.5 Å². The van der Waals surface area contributed by atoms with Gasteiger partial charge in [-0.2, -0.15) is 0 Å². The first-order chi connectivity index (χ1) is 13.4. The van der Waals surface area contributed by atoms with Crippen LogP contribution in [0.2, 0.25) is 0 Å². The smallest absolute Gasteiger partial charge is 0.261 e. The molecule has 0 heterocycles. The molecule has 0 radical (unpaired) electrons. The quantitative estimate of drug-likeness (QED) is 0.719. The highest BCUT2D eigenvalue weighted by Gasteiger charge is 2.27. The van der Waals surface area contributed by atoms with Crippen LogP contribution in [0.25, 0.3) is 0 Å². The molecule has 5 heteroatoms. The molecule has 0 spiro atoms. The Morgan fingerprint density at radius 2 is 1.79 bits per heavy atom. The molecule has 2 unspecified atom stereocenters. The molecule has 0 aliphatic carbocycles. The van der Waals surface area contributed by atoms with Gasteiger partial charge < -0.3 is 15.0 Å². The van der Waals surface area contributed by atoms with Gasteiger partial charge in [0.1, 0.15) is 11.8 Å². The van der Waals surface area contributed by atoms with Crippen LogP contribution in [-0.2, 0) is 16.1 Å². The summed E-state index contributed by atoms with van der Waals surface area (Å²) in [5.41, 5.74) is 2.10. The van der Waals surface area contributed by atoms with Crippen molar-refractivity contribution in [2.45, 2.75) is 52.7 Å². The Balaban J connectivity index is 2.14. The maximum Gasteiger partial charge on any atom is 0.261 e. The second-order valence-electron chi connectivity index (χ2n) is 7.11. The predicted octanol–water partition coefficient (Wildman–Crippen LogP) is 3.71. The number of nitrogens with zero attached hydrogens (tertiary/aromatic N) is 1. The van der Waals surface area contributed by atoms with Gasteiger partial charge >= 0.3 is 0 Å². The minimum atomic E-state index is -0.596. The zero-order valence-electron chi connectivity index (χ0n) is 17.1. The van der Waals surface area contributed by atoms with Gasteiger partial charge in [0, 0.05) is 12.6 Å². The van der Waals surface area contributed by atoms with Crippen molar-refractivity contribution < 1.29 is 14.3 Å². The number of benzene rings is 2. The van der Waals surface area contributed by atoms with Crippen LogP contribution < -0.4 is 10.1 Å². The minimum absolute atomic E-state index is 0.0615. The summed E-state index contributed by atoms with van der Waals surface area (Å²) >= 11 is 0. The first-order valence-electron chi connectivity index (χ1n) is 9.74. The fourth-order valence-corrected chi connectivity index (χ4v) is 2.80. The van der Waals surface area contributed by atoms with E-state index in [2.05, 4.69) is 5.32 Å². The van der Waals surface area contributed by atoms with Crippen molar-refractivity contribution in [2.75, 3.05) is 6.61 Å². The second-order valence-corrected chi connectivity index (χ2v) is 7.11. The van der Waals surface area contributed by atoms with Crippen LogP contribution in [0.1, 0.15) is 38.3 Å². The van der Waals surface area contributed by atoms with Crippen molar-refractivity contribution >= 4 is 11.8 Å². The monoisotopic (exact) mass is 382 g/mol. The summed E-state index contributed by atoms with van der Waals surface area (Å²) in [6.07, 6.45) is 0.835. The summed E-state index contributed by atoms with van der Waals surface area (Å²) in [7, 11) is 0. The van der Waals surface area contributed by atoms with Gasteiger partial charge in [-0.15, -0.1) is 0 Å². The average molecular weight is 383 g/mol. The lowest BCUT2D eigenvalue weighted by Crippen LogP contribution is -2.50. The molecule has 5 nitrogen and oxygen atoms in total. The Morgan fingerprint density at radius 3 is 2.43 bits per heavy atom. The number of carbonyl (C=O) groups excluding carboxylic acids is 2. The lowest BCUT2D eigenvalue weighted by molar-refractivity contribution is -0.142. The Bertz CT molecular complexity index is 776. The number of ether oxygens (including phenoxy) is 1. The molecule has 2 atom stereocenters. The lowest BCUT2D eigenvalue weighted by atomic mass is 10.1. The maximum absolute atomic E-state index is 12.9. The molecule has 0 bridgehead atoms. The van der Waals surface area contributed by atoms with Crippen LogP contribution in [-0.4, -0.2) is 35.4 Å². The Morgan fingerprint density at radius 1 is 1.07 bits per heavy atom. The highest BCUT2D eigenvalue weighted by atomic mass is 16.5. The van der Waals surface area contributed by atoms with Crippen LogP contribution >= 0.6 is 0 Å². The van der Waals surface area contributed by atoms with Crippen LogP contribution in [0.5, 0.6) is 5.75 Å². The standard InChI is InChI=1S/C23H30N2O3/c1-5-18(3)24-23(27)19(4)25(15-20-11-9-10-17(2)14-20)22(26)16-28-21-12-7-6-8-13-21/h6-14,18-19H,5,15-16H2,1-4H3,(H,24,27). The predicted molar refractivity (Wildman–Crippen MR) is 111 cm³/mol. The summed E-state index contributed by atoms with van der Waals surface area (Å²) < 4.78 is 5.62. The number of carbonyl (C=O) groups is 2. The van der Waals surface area contributed by atoms with Gasteiger partial charge in [-0.05, 0) is 44.9 Å². The molecule has 0 fully saturated rings. The van der Waals surface area contributed by atoms with E-state index in [0.29, 0.717) is 12.3 Å². The van der Waals surface area contributed by atoms with Crippen LogP contribution in [0, 0.1) is 6.92 Å². The zero-order chi connectivity index (χ0) is 20.5. The Kier molecular flexibility index (Phi) is 8.05. The van der Waals surface area contributed by atoms with E-state index < -0.39 is 6.04 Å². The summed E-state index contributed by atoms with van der Waals surface area (Å²) in [6, 6.07) is 16.6. The maximum atomic E-state index is 12.9. The number of nitrogens with one attached hydrogen (secondary N) is 1. The third-order valence-corrected chi connectivity index (χ3v) is 4.71. The molecule has 28 heavy (non-hydrogen) atoms. The first kappa shape index (κ1) is 21.5. The van der Waals surface area contributed by atoms with E-state index in [9.17, 15) is 9.59 Å². The summed E-state index contributed by atoms with van der Waals surface area (Å²) in [5.74, 6) is 0.246. The van der Waals surface area contributed by atoms with Crippen LogP contribution in [0.3, 0.4) is 0 Å². The van der Waals surface area contributed by atoms with Gasteiger partial charge in [0.2, 0.25) is 5.91 Å². The van der Waals surface area contributed by atoms with Crippen molar-refractivity contribution in [1.82, 2.24) is 10.2 Å². The van der Waals surface area contributed by atoms with Crippen molar-refractivity contribution in [3.8, 4) is 5.75 Å². The molecule has 150 valence electrons. The summed E-state index contributed by atoms with van der Waals surface area (Å²) in [5, 5.41) is 2.96. The molecular formula is C23H30N2O3. The van der Waals surface area contributed by atoms with Gasteiger partial charge in [-0.25, -0.2) is 0 Å². The number of hydrogen-bond donors (Lipinski definition) is 1. The number of para-hydroxylation sites is 1. The Labute approximate surface area is 167 Å². The summed E-state index contributed by atoms with van der Waals surface area (Å²) in [4.78, 5) is 27.2. The van der Waals surface area contributed by atoms with Crippen LogP contribution in [0.4, 0.5) is 0 Å². The molecule has 0 saturated carbocycles. The van der Waals surface area contributed by atoms with Crippen molar-refractivity contribution in [3.05, 3.63) is 65.7 Å². The molecule has 2 rings (SSSR count). The molecule has 1 N–H and O–H groups in total. The van der Waals surface area contributed by atoms with Crippen molar-refractivity contribution in [2.24, 2.45) is 0 Å². The third-order valence-electron chi connectivity index (χ3n) is 4.71. The SMILES string of the molecule is CCC(C)NC(=O)C(C)N(Cc1cccc(C)c1)C(=O)COc1ccccc1. The van der Waals surface area contributed by atoms with E-state index in [1.54, 1.807) is 24.0 Å². The van der Waals surface area contributed by atoms with Gasteiger partial charge in [-0.1, -0.05) is 55.0 Å². The van der Waals surface area contributed by atoms with Gasteiger partial charge in [-0.3, -0.25) is 9.59 Å². The zero-order valence-corrected chi connectivity index (χ0v) is 17.1. The van der Waals surface area contributed by atoms with E-state index in [4.69, 9.17) is 4.74 Å². The third kappa shape index (κ3) is 6.41. The number of rotatable bonds is 9. The highest BCUT2D eigenvalue weighted by molar-refractivity contribution is 5.88. The molecule has 0 aliphatic rings. The molecule has 0 aromatic heterocycles. The fraction of sp³-hybridized carbons (Fsp3) is 0.391. The van der Waals surface area contributed by atoms with Crippen LogP contribution in [0.15, 0.2) is 54.6 Å². The van der Waals surface area contributed by atoms with E-state index in [1.807, 2.05) is 63.2 Å². The van der Waals surface area contributed by atoms with E-state index >= 15 is 0 Å². The molecule has 2 amide bonds. The minimum Gasteiger partial charge on any atom is -0.484 e. The number of amides is 2. The van der Waals surface area contributed by atoms with E-state index in [1.165, 1.54) is 0 Å².